The van der Waals surface area contributed by atoms with Crippen LogP contribution in [-0.2, 0) is 0 Å². The summed E-state index contributed by atoms with van der Waals surface area (Å²) in [6.45, 7) is 8.08. The van der Waals surface area contributed by atoms with Crippen LogP contribution in [0.5, 0.6) is 11.5 Å². The van der Waals surface area contributed by atoms with Crippen molar-refractivity contribution in [1.29, 1.82) is 0 Å². The molecule has 7 heteroatoms. The highest BCUT2D eigenvalue weighted by molar-refractivity contribution is 6.09. The molecule has 3 rings (SSSR count). The van der Waals surface area contributed by atoms with Gasteiger partial charge < -0.3 is 14.8 Å². The standard InChI is InChI=1S/C19H22N4O3/c1-6-26-15-8-7-14(10-16(15)25-5)21-19(24)17-13(4)22-23-12(3)9-11(2)20-18(17)23/h7-10H,6H2,1-5H3,(H,21,24). The van der Waals surface area contributed by atoms with Gasteiger partial charge in [-0.3, -0.25) is 4.79 Å². The van der Waals surface area contributed by atoms with Gasteiger partial charge in [0.2, 0.25) is 0 Å². The molecule has 2 aromatic heterocycles. The Morgan fingerprint density at radius 1 is 1.19 bits per heavy atom. The van der Waals surface area contributed by atoms with Gasteiger partial charge in [0.15, 0.2) is 17.1 Å². The van der Waals surface area contributed by atoms with E-state index in [-0.39, 0.29) is 5.91 Å². The summed E-state index contributed by atoms with van der Waals surface area (Å²) >= 11 is 0. The number of rotatable bonds is 5. The highest BCUT2D eigenvalue weighted by Crippen LogP contribution is 2.30. The number of anilines is 1. The lowest BCUT2D eigenvalue weighted by Crippen LogP contribution is -2.13. The first-order valence-corrected chi connectivity index (χ1v) is 8.40. The van der Waals surface area contributed by atoms with Gasteiger partial charge in [-0.05, 0) is 45.9 Å². The molecule has 0 saturated heterocycles. The maximum atomic E-state index is 12.9. The fraction of sp³-hybridized carbons (Fsp3) is 0.316. The average Bonchev–Trinajstić information content (AvgIpc) is 2.92. The Morgan fingerprint density at radius 2 is 1.96 bits per heavy atom. The van der Waals surface area contributed by atoms with E-state index in [4.69, 9.17) is 9.47 Å². The first kappa shape index (κ1) is 17.7. The number of hydrogen-bond donors (Lipinski definition) is 1. The van der Waals surface area contributed by atoms with Gasteiger partial charge >= 0.3 is 0 Å². The molecule has 0 bridgehead atoms. The zero-order chi connectivity index (χ0) is 18.8. The molecule has 0 unspecified atom stereocenters. The van der Waals surface area contributed by atoms with E-state index in [0.29, 0.717) is 40.7 Å². The molecule has 1 aromatic carbocycles. The largest absolute Gasteiger partial charge is 0.493 e. The van der Waals surface area contributed by atoms with E-state index < -0.39 is 0 Å². The Labute approximate surface area is 152 Å². The maximum absolute atomic E-state index is 12.9. The highest BCUT2D eigenvalue weighted by Gasteiger charge is 2.20. The Kier molecular flexibility index (Phi) is 4.79. The van der Waals surface area contributed by atoms with Crippen molar-refractivity contribution in [2.75, 3.05) is 19.0 Å². The van der Waals surface area contributed by atoms with Crippen LogP contribution in [0, 0.1) is 20.8 Å². The van der Waals surface area contributed by atoms with Crippen molar-refractivity contribution in [3.05, 3.63) is 46.9 Å². The van der Waals surface area contributed by atoms with Crippen LogP contribution in [0.3, 0.4) is 0 Å². The van der Waals surface area contributed by atoms with Crippen molar-refractivity contribution in [2.24, 2.45) is 0 Å². The molecule has 1 amide bonds. The lowest BCUT2D eigenvalue weighted by molar-refractivity contribution is 0.102. The second kappa shape index (κ2) is 7.03. The minimum Gasteiger partial charge on any atom is -0.493 e. The first-order chi connectivity index (χ1) is 12.4. The van der Waals surface area contributed by atoms with Crippen molar-refractivity contribution in [1.82, 2.24) is 14.6 Å². The van der Waals surface area contributed by atoms with Crippen LogP contribution >= 0.6 is 0 Å². The summed E-state index contributed by atoms with van der Waals surface area (Å²) < 4.78 is 12.5. The summed E-state index contributed by atoms with van der Waals surface area (Å²) in [6.07, 6.45) is 0. The topological polar surface area (TPSA) is 77.8 Å². The fourth-order valence-electron chi connectivity index (χ4n) is 2.91. The molecule has 0 spiro atoms. The van der Waals surface area contributed by atoms with E-state index in [1.165, 1.54) is 0 Å². The van der Waals surface area contributed by atoms with Crippen LogP contribution in [0.15, 0.2) is 24.3 Å². The third kappa shape index (κ3) is 3.20. The van der Waals surface area contributed by atoms with Crippen molar-refractivity contribution in [3.63, 3.8) is 0 Å². The number of hydrogen-bond acceptors (Lipinski definition) is 5. The van der Waals surface area contributed by atoms with E-state index in [0.717, 1.165) is 11.4 Å². The zero-order valence-corrected chi connectivity index (χ0v) is 15.6. The first-order valence-electron chi connectivity index (χ1n) is 8.40. The maximum Gasteiger partial charge on any atom is 0.261 e. The number of ether oxygens (including phenoxy) is 2. The number of carbonyl (C=O) groups excluding carboxylic acids is 1. The second-order valence-electron chi connectivity index (χ2n) is 5.99. The summed E-state index contributed by atoms with van der Waals surface area (Å²) in [5, 5.41) is 7.33. The van der Waals surface area contributed by atoms with E-state index in [1.807, 2.05) is 26.8 Å². The van der Waals surface area contributed by atoms with E-state index >= 15 is 0 Å². The SMILES string of the molecule is CCOc1ccc(NC(=O)c2c(C)nn3c(C)cc(C)nc23)cc1OC. The van der Waals surface area contributed by atoms with Gasteiger partial charge in [-0.1, -0.05) is 0 Å². The van der Waals surface area contributed by atoms with Crippen LogP contribution < -0.4 is 14.8 Å². The number of fused-ring (bicyclic) bond motifs is 1. The van der Waals surface area contributed by atoms with Crippen LogP contribution in [0.1, 0.15) is 34.4 Å². The van der Waals surface area contributed by atoms with E-state index in [9.17, 15) is 4.79 Å². The molecule has 26 heavy (non-hydrogen) atoms. The molecule has 0 atom stereocenters. The third-order valence-electron chi connectivity index (χ3n) is 4.02. The number of nitrogens with zero attached hydrogens (tertiary/aromatic N) is 3. The van der Waals surface area contributed by atoms with E-state index in [1.54, 1.807) is 36.7 Å². The van der Waals surface area contributed by atoms with Gasteiger partial charge in [0.25, 0.3) is 5.91 Å². The molecule has 136 valence electrons. The summed E-state index contributed by atoms with van der Waals surface area (Å²) in [6, 6.07) is 7.20. The smallest absolute Gasteiger partial charge is 0.261 e. The van der Waals surface area contributed by atoms with Gasteiger partial charge in [0, 0.05) is 23.1 Å². The second-order valence-corrected chi connectivity index (χ2v) is 5.99. The minimum absolute atomic E-state index is 0.263. The average molecular weight is 354 g/mol. The molecule has 1 N–H and O–H groups in total. The van der Waals surface area contributed by atoms with Gasteiger partial charge in [-0.15, -0.1) is 0 Å². The highest BCUT2D eigenvalue weighted by atomic mass is 16.5. The quantitative estimate of drug-likeness (QED) is 0.760. The van der Waals surface area contributed by atoms with Crippen LogP contribution in [0.4, 0.5) is 5.69 Å². The van der Waals surface area contributed by atoms with Crippen molar-refractivity contribution >= 4 is 17.2 Å². The zero-order valence-electron chi connectivity index (χ0n) is 15.6. The van der Waals surface area contributed by atoms with Gasteiger partial charge in [-0.2, -0.15) is 5.10 Å². The number of aryl methyl sites for hydroxylation is 3. The predicted molar refractivity (Wildman–Crippen MR) is 99.3 cm³/mol. The van der Waals surface area contributed by atoms with Gasteiger partial charge in [0.05, 0.1) is 19.4 Å². The summed E-state index contributed by atoms with van der Waals surface area (Å²) in [5.74, 6) is 0.931. The molecule has 0 fully saturated rings. The Morgan fingerprint density at radius 3 is 2.65 bits per heavy atom. The Hall–Kier alpha value is -3.09. The summed E-state index contributed by atoms with van der Waals surface area (Å²) in [4.78, 5) is 17.4. The molecule has 0 saturated carbocycles. The third-order valence-corrected chi connectivity index (χ3v) is 4.02. The van der Waals surface area contributed by atoms with Crippen LogP contribution in [-0.4, -0.2) is 34.2 Å². The van der Waals surface area contributed by atoms with Crippen LogP contribution in [0.25, 0.3) is 5.65 Å². The fourth-order valence-corrected chi connectivity index (χ4v) is 2.91. The molecule has 0 aliphatic heterocycles. The van der Waals surface area contributed by atoms with Gasteiger partial charge in [-0.25, -0.2) is 9.50 Å². The molecule has 0 aliphatic rings. The molecule has 7 nitrogen and oxygen atoms in total. The van der Waals surface area contributed by atoms with E-state index in [2.05, 4.69) is 15.4 Å². The number of methoxy groups -OCH3 is 1. The number of nitrogens with one attached hydrogen (secondary N) is 1. The van der Waals surface area contributed by atoms with Crippen molar-refractivity contribution in [3.8, 4) is 11.5 Å². The van der Waals surface area contributed by atoms with Gasteiger partial charge in [0.1, 0.15) is 5.56 Å². The lowest BCUT2D eigenvalue weighted by atomic mass is 10.2. The monoisotopic (exact) mass is 354 g/mol. The van der Waals surface area contributed by atoms with Crippen molar-refractivity contribution in [2.45, 2.75) is 27.7 Å². The molecule has 0 aliphatic carbocycles. The number of aromatic nitrogens is 3. The lowest BCUT2D eigenvalue weighted by Gasteiger charge is -2.11. The molecular formula is C19H22N4O3. The Bertz CT molecular complexity index is 979. The summed E-state index contributed by atoms with van der Waals surface area (Å²) in [7, 11) is 1.56. The number of amides is 1. The predicted octanol–water partition coefficient (Wildman–Crippen LogP) is 3.31. The number of carbonyl (C=O) groups is 1. The molecule has 0 radical (unpaired) electrons. The molecular weight excluding hydrogens is 332 g/mol. The number of benzene rings is 1. The normalized spacial score (nSPS) is 10.8. The van der Waals surface area contributed by atoms with Crippen LogP contribution in [0.2, 0.25) is 0 Å². The minimum atomic E-state index is -0.263. The molecule has 2 heterocycles. The Balaban J connectivity index is 1.96. The summed E-state index contributed by atoms with van der Waals surface area (Å²) in [5.41, 5.74) is 4.02. The molecule has 3 aromatic rings. The van der Waals surface area contributed by atoms with Crippen molar-refractivity contribution < 1.29 is 14.3 Å².